The van der Waals surface area contributed by atoms with E-state index >= 15 is 0 Å². The Balaban J connectivity index is 2.23. The largest absolute Gasteiger partial charge is 0.436 e. The van der Waals surface area contributed by atoms with Crippen molar-refractivity contribution < 1.29 is 4.42 Å². The molecule has 0 saturated heterocycles. The highest BCUT2D eigenvalue weighted by molar-refractivity contribution is 6.33. The van der Waals surface area contributed by atoms with Crippen molar-refractivity contribution in [1.29, 1.82) is 0 Å². The van der Waals surface area contributed by atoms with E-state index in [0.717, 1.165) is 27.8 Å². The van der Waals surface area contributed by atoms with Crippen molar-refractivity contribution in [3.63, 3.8) is 0 Å². The fraction of sp³-hybridized carbons (Fsp3) is 0.133. The molecular formula is C15H13ClN2O. The number of aryl methyl sites for hydroxylation is 2. The van der Waals surface area contributed by atoms with Crippen LogP contribution >= 0.6 is 11.6 Å². The Bertz CT molecular complexity index is 777. The minimum atomic E-state index is 0.522. The summed E-state index contributed by atoms with van der Waals surface area (Å²) in [5.74, 6) is 0.522. The second-order valence-corrected chi connectivity index (χ2v) is 5.10. The van der Waals surface area contributed by atoms with Crippen LogP contribution in [0.15, 0.2) is 34.7 Å². The number of anilines is 1. The lowest BCUT2D eigenvalue weighted by Crippen LogP contribution is -1.85. The maximum absolute atomic E-state index is 6.24. The number of nitrogen functional groups attached to an aromatic ring is 1. The van der Waals surface area contributed by atoms with Gasteiger partial charge in [-0.1, -0.05) is 17.7 Å². The van der Waals surface area contributed by atoms with Gasteiger partial charge < -0.3 is 10.2 Å². The van der Waals surface area contributed by atoms with Crippen LogP contribution in [0.1, 0.15) is 11.1 Å². The SMILES string of the molecule is Cc1ccc(-c2nc3cc(N)cc(C)c3o2)c(Cl)c1. The van der Waals surface area contributed by atoms with E-state index in [-0.39, 0.29) is 0 Å². The number of halogens is 1. The average molecular weight is 273 g/mol. The molecule has 0 aliphatic heterocycles. The van der Waals surface area contributed by atoms with Gasteiger partial charge in [-0.2, -0.15) is 0 Å². The lowest BCUT2D eigenvalue weighted by molar-refractivity contribution is 0.617. The molecule has 4 heteroatoms. The molecule has 0 saturated carbocycles. The zero-order valence-corrected chi connectivity index (χ0v) is 11.5. The zero-order chi connectivity index (χ0) is 13.6. The molecule has 0 aliphatic rings. The highest BCUT2D eigenvalue weighted by Crippen LogP contribution is 2.32. The van der Waals surface area contributed by atoms with E-state index in [1.54, 1.807) is 6.07 Å². The fourth-order valence-electron chi connectivity index (χ4n) is 2.14. The molecule has 1 heterocycles. The van der Waals surface area contributed by atoms with Crippen LogP contribution in [0.4, 0.5) is 5.69 Å². The summed E-state index contributed by atoms with van der Waals surface area (Å²) in [4.78, 5) is 4.46. The van der Waals surface area contributed by atoms with E-state index in [4.69, 9.17) is 21.8 Å². The van der Waals surface area contributed by atoms with Crippen molar-refractivity contribution in [3.05, 3.63) is 46.5 Å². The van der Waals surface area contributed by atoms with Gasteiger partial charge in [0.25, 0.3) is 0 Å². The van der Waals surface area contributed by atoms with Crippen molar-refractivity contribution >= 4 is 28.4 Å². The van der Waals surface area contributed by atoms with Gasteiger partial charge in [-0.3, -0.25) is 0 Å². The molecule has 0 atom stereocenters. The topological polar surface area (TPSA) is 52.0 Å². The average Bonchev–Trinajstić information content (AvgIpc) is 2.72. The number of rotatable bonds is 1. The van der Waals surface area contributed by atoms with Crippen LogP contribution in [0.5, 0.6) is 0 Å². The normalized spacial score (nSPS) is 11.1. The van der Waals surface area contributed by atoms with Crippen LogP contribution in [0.2, 0.25) is 5.02 Å². The fourth-order valence-corrected chi connectivity index (χ4v) is 2.45. The number of nitrogens with zero attached hydrogens (tertiary/aromatic N) is 1. The highest BCUT2D eigenvalue weighted by Gasteiger charge is 2.13. The molecule has 3 aromatic rings. The number of hydrogen-bond donors (Lipinski definition) is 1. The molecule has 19 heavy (non-hydrogen) atoms. The van der Waals surface area contributed by atoms with Crippen molar-refractivity contribution in [2.45, 2.75) is 13.8 Å². The molecule has 0 aliphatic carbocycles. The third kappa shape index (κ3) is 2.06. The van der Waals surface area contributed by atoms with Gasteiger partial charge in [0.15, 0.2) is 5.58 Å². The Kier molecular flexibility index (Phi) is 2.72. The number of fused-ring (bicyclic) bond motifs is 1. The molecule has 0 spiro atoms. The van der Waals surface area contributed by atoms with Crippen LogP contribution in [-0.4, -0.2) is 4.98 Å². The van der Waals surface area contributed by atoms with E-state index in [1.807, 2.05) is 38.1 Å². The summed E-state index contributed by atoms with van der Waals surface area (Å²) in [5.41, 5.74) is 10.9. The molecule has 3 nitrogen and oxygen atoms in total. The van der Waals surface area contributed by atoms with E-state index in [0.29, 0.717) is 16.6 Å². The van der Waals surface area contributed by atoms with Crippen molar-refractivity contribution in [2.75, 3.05) is 5.73 Å². The van der Waals surface area contributed by atoms with Crippen LogP contribution in [0.25, 0.3) is 22.6 Å². The first-order valence-electron chi connectivity index (χ1n) is 5.98. The lowest BCUT2D eigenvalue weighted by Gasteiger charge is -2.00. The Morgan fingerprint density at radius 2 is 1.95 bits per heavy atom. The van der Waals surface area contributed by atoms with Gasteiger partial charge in [-0.05, 0) is 49.2 Å². The van der Waals surface area contributed by atoms with Crippen LogP contribution in [-0.2, 0) is 0 Å². The third-order valence-corrected chi connectivity index (χ3v) is 3.37. The first-order chi connectivity index (χ1) is 9.04. The standard InChI is InChI=1S/C15H13ClN2O/c1-8-3-4-11(12(16)5-8)15-18-13-7-10(17)6-9(2)14(13)19-15/h3-7H,17H2,1-2H3. The lowest BCUT2D eigenvalue weighted by atomic mass is 10.1. The molecule has 2 aromatic carbocycles. The molecule has 3 rings (SSSR count). The molecule has 0 fully saturated rings. The number of hydrogen-bond acceptors (Lipinski definition) is 3. The maximum atomic E-state index is 6.24. The first-order valence-corrected chi connectivity index (χ1v) is 6.35. The van der Waals surface area contributed by atoms with E-state index in [9.17, 15) is 0 Å². The summed E-state index contributed by atoms with van der Waals surface area (Å²) in [6, 6.07) is 9.47. The molecule has 0 radical (unpaired) electrons. The summed E-state index contributed by atoms with van der Waals surface area (Å²) < 4.78 is 5.81. The van der Waals surface area contributed by atoms with Gasteiger partial charge in [-0.15, -0.1) is 0 Å². The minimum Gasteiger partial charge on any atom is -0.436 e. The first kappa shape index (κ1) is 12.1. The van der Waals surface area contributed by atoms with Crippen LogP contribution in [0.3, 0.4) is 0 Å². The molecule has 1 aromatic heterocycles. The summed E-state index contributed by atoms with van der Waals surface area (Å²) in [7, 11) is 0. The second kappa shape index (κ2) is 4.28. The smallest absolute Gasteiger partial charge is 0.228 e. The van der Waals surface area contributed by atoms with E-state index in [2.05, 4.69) is 4.98 Å². The summed E-state index contributed by atoms with van der Waals surface area (Å²) in [6.45, 7) is 3.94. The van der Waals surface area contributed by atoms with Gasteiger partial charge >= 0.3 is 0 Å². The van der Waals surface area contributed by atoms with Gasteiger partial charge in [-0.25, -0.2) is 4.98 Å². The Hall–Kier alpha value is -2.00. The van der Waals surface area contributed by atoms with E-state index < -0.39 is 0 Å². The molecule has 2 N–H and O–H groups in total. The maximum Gasteiger partial charge on any atom is 0.228 e. The number of oxazole rings is 1. The monoisotopic (exact) mass is 272 g/mol. The van der Waals surface area contributed by atoms with Crippen molar-refractivity contribution in [3.8, 4) is 11.5 Å². The Labute approximate surface area is 116 Å². The predicted molar refractivity (Wildman–Crippen MR) is 78.3 cm³/mol. The molecule has 0 amide bonds. The van der Waals surface area contributed by atoms with Gasteiger partial charge in [0, 0.05) is 5.69 Å². The summed E-state index contributed by atoms with van der Waals surface area (Å²) >= 11 is 6.24. The predicted octanol–water partition coefficient (Wildman–Crippen LogP) is 4.35. The molecule has 0 unspecified atom stereocenters. The molecule has 96 valence electrons. The van der Waals surface area contributed by atoms with Crippen molar-refractivity contribution in [1.82, 2.24) is 4.98 Å². The molecular weight excluding hydrogens is 260 g/mol. The van der Waals surface area contributed by atoms with Gasteiger partial charge in [0.2, 0.25) is 5.89 Å². The second-order valence-electron chi connectivity index (χ2n) is 4.69. The van der Waals surface area contributed by atoms with Crippen molar-refractivity contribution in [2.24, 2.45) is 0 Å². The van der Waals surface area contributed by atoms with Crippen LogP contribution in [0, 0.1) is 13.8 Å². The Morgan fingerprint density at radius 1 is 1.16 bits per heavy atom. The Morgan fingerprint density at radius 3 is 2.68 bits per heavy atom. The summed E-state index contributed by atoms with van der Waals surface area (Å²) in [6.07, 6.45) is 0. The van der Waals surface area contributed by atoms with Gasteiger partial charge in [0.05, 0.1) is 10.6 Å². The quantitative estimate of drug-likeness (QED) is 0.670. The number of aromatic nitrogens is 1. The minimum absolute atomic E-state index is 0.522. The highest BCUT2D eigenvalue weighted by atomic mass is 35.5. The number of nitrogens with two attached hydrogens (primary N) is 1. The summed E-state index contributed by atoms with van der Waals surface area (Å²) in [5, 5.41) is 0.636. The third-order valence-electron chi connectivity index (χ3n) is 3.05. The molecule has 0 bridgehead atoms. The van der Waals surface area contributed by atoms with Gasteiger partial charge in [0.1, 0.15) is 5.52 Å². The van der Waals surface area contributed by atoms with Crippen LogP contribution < -0.4 is 5.73 Å². The van der Waals surface area contributed by atoms with E-state index in [1.165, 1.54) is 0 Å². The zero-order valence-electron chi connectivity index (χ0n) is 10.7. The number of benzene rings is 2.